The molecule has 0 unspecified atom stereocenters. The smallest absolute Gasteiger partial charge is 0.437 e. The van der Waals surface area contributed by atoms with E-state index >= 15 is 0 Å². The molecule has 0 radical (unpaired) electrons. The second-order valence-corrected chi connectivity index (χ2v) is 1.90. The predicted molar refractivity (Wildman–Crippen MR) is 38.5 cm³/mol. The van der Waals surface area contributed by atoms with Gasteiger partial charge in [0, 0.05) is 12.4 Å². The average Bonchev–Trinajstić information content (AvgIpc) is 2.51. The number of hydrogen-bond donors (Lipinski definition) is 1. The Morgan fingerprint density at radius 2 is 2.42 bits per heavy atom. The molecule has 1 aromatic rings. The summed E-state index contributed by atoms with van der Waals surface area (Å²) in [6.07, 6.45) is 1.99. The molecule has 0 amide bonds. The quantitative estimate of drug-likeness (QED) is 0.632. The lowest BCUT2D eigenvalue weighted by molar-refractivity contribution is 0.121. The fourth-order valence-corrected chi connectivity index (χ4v) is 0.653. The summed E-state index contributed by atoms with van der Waals surface area (Å²) in [5.41, 5.74) is 0.264. The number of aromatic nitrogens is 1. The summed E-state index contributed by atoms with van der Waals surface area (Å²) in [5.74, 6) is 0.171. The van der Waals surface area contributed by atoms with Gasteiger partial charge in [0.1, 0.15) is 11.6 Å². The van der Waals surface area contributed by atoms with Gasteiger partial charge in [0.2, 0.25) is 0 Å². The molecular weight excluding hydrogens is 160 g/mol. The fourth-order valence-electron chi connectivity index (χ4n) is 0.653. The maximum absolute atomic E-state index is 10.6. The highest BCUT2D eigenvalue weighted by molar-refractivity contribution is 5.64. The normalized spacial score (nSPS) is 8.67. The fraction of sp³-hybridized carbons (Fsp3) is 0.143. The van der Waals surface area contributed by atoms with E-state index in [2.05, 4.69) is 14.5 Å². The number of aromatic amines is 1. The lowest BCUT2D eigenvalue weighted by atomic mass is 10.3. The van der Waals surface area contributed by atoms with Crippen LogP contribution in [0.15, 0.2) is 12.4 Å². The molecule has 1 heterocycles. The summed E-state index contributed by atoms with van der Waals surface area (Å²) in [4.78, 5) is 13.2. The molecule has 0 spiro atoms. The monoisotopic (exact) mass is 166 g/mol. The van der Waals surface area contributed by atoms with Crippen LogP contribution in [0.2, 0.25) is 0 Å². The molecule has 0 fully saturated rings. The molecule has 12 heavy (non-hydrogen) atoms. The molecule has 0 saturated carbocycles. The van der Waals surface area contributed by atoms with E-state index in [4.69, 9.17) is 5.26 Å². The summed E-state index contributed by atoms with van der Waals surface area (Å²) in [6.45, 7) is 0. The first-order valence-electron chi connectivity index (χ1n) is 3.10. The number of nitrogens with one attached hydrogen (secondary N) is 1. The molecule has 0 bridgehead atoms. The summed E-state index contributed by atoms with van der Waals surface area (Å²) < 4.78 is 8.85. The van der Waals surface area contributed by atoms with Gasteiger partial charge >= 0.3 is 6.16 Å². The van der Waals surface area contributed by atoms with Gasteiger partial charge in [0.15, 0.2) is 5.75 Å². The number of carbonyl (C=O) groups excluding carboxylic acids is 1. The maximum Gasteiger partial charge on any atom is 0.513 e. The summed E-state index contributed by atoms with van der Waals surface area (Å²) in [6, 6.07) is 1.84. The van der Waals surface area contributed by atoms with Crippen LogP contribution in [0.25, 0.3) is 0 Å². The first-order valence-corrected chi connectivity index (χ1v) is 3.10. The number of rotatable bonds is 1. The Bertz CT molecular complexity index is 324. The highest BCUT2D eigenvalue weighted by Gasteiger charge is 2.08. The predicted octanol–water partition coefficient (Wildman–Crippen LogP) is 1.03. The van der Waals surface area contributed by atoms with Crippen molar-refractivity contribution in [1.29, 1.82) is 5.26 Å². The van der Waals surface area contributed by atoms with Crippen LogP contribution >= 0.6 is 0 Å². The minimum atomic E-state index is -0.842. The van der Waals surface area contributed by atoms with E-state index in [0.717, 1.165) is 0 Å². The zero-order valence-electron chi connectivity index (χ0n) is 6.33. The molecule has 1 aromatic heterocycles. The minimum Gasteiger partial charge on any atom is -0.437 e. The van der Waals surface area contributed by atoms with Crippen LogP contribution < -0.4 is 4.74 Å². The Morgan fingerprint density at radius 3 is 3.00 bits per heavy atom. The highest BCUT2D eigenvalue weighted by Crippen LogP contribution is 2.16. The summed E-state index contributed by atoms with van der Waals surface area (Å²) in [5, 5.41) is 8.49. The number of ether oxygens (including phenoxy) is 2. The third kappa shape index (κ3) is 1.55. The average molecular weight is 166 g/mol. The van der Waals surface area contributed by atoms with Crippen LogP contribution in [0.5, 0.6) is 5.75 Å². The Morgan fingerprint density at radius 1 is 1.67 bits per heavy atom. The van der Waals surface area contributed by atoms with E-state index < -0.39 is 6.16 Å². The number of nitrogens with zero attached hydrogens (tertiary/aromatic N) is 1. The standard InChI is InChI=1S/C7H6N2O3/c1-11-7(10)12-6-4-9-3-5(6)2-8/h3-4,9H,1H3. The van der Waals surface area contributed by atoms with Crippen molar-refractivity contribution in [3.05, 3.63) is 18.0 Å². The van der Waals surface area contributed by atoms with Crippen molar-refractivity contribution in [3.63, 3.8) is 0 Å². The molecule has 0 aliphatic heterocycles. The molecule has 1 N–H and O–H groups in total. The van der Waals surface area contributed by atoms with Gasteiger partial charge in [0.05, 0.1) is 7.11 Å². The first-order chi connectivity index (χ1) is 5.77. The Hall–Kier alpha value is -1.96. The number of H-pyrrole nitrogens is 1. The first kappa shape index (κ1) is 8.14. The topological polar surface area (TPSA) is 75.1 Å². The summed E-state index contributed by atoms with van der Waals surface area (Å²) >= 11 is 0. The van der Waals surface area contributed by atoms with Gasteiger partial charge in [-0.3, -0.25) is 0 Å². The molecule has 0 saturated heterocycles. The maximum atomic E-state index is 10.6. The van der Waals surface area contributed by atoms with Crippen LogP contribution in [0.1, 0.15) is 5.56 Å². The van der Waals surface area contributed by atoms with Crippen LogP contribution in [0, 0.1) is 11.3 Å². The van der Waals surface area contributed by atoms with Crippen molar-refractivity contribution in [2.75, 3.05) is 7.11 Å². The summed E-state index contributed by atoms with van der Waals surface area (Å²) in [7, 11) is 1.20. The Balaban J connectivity index is 2.76. The molecule has 62 valence electrons. The Labute approximate surface area is 68.5 Å². The van der Waals surface area contributed by atoms with E-state index in [9.17, 15) is 4.79 Å². The van der Waals surface area contributed by atoms with Gasteiger partial charge in [-0.1, -0.05) is 0 Å². The molecule has 1 rings (SSSR count). The van der Waals surface area contributed by atoms with Crippen molar-refractivity contribution in [3.8, 4) is 11.8 Å². The third-order valence-corrected chi connectivity index (χ3v) is 1.19. The zero-order valence-corrected chi connectivity index (χ0v) is 6.33. The van der Waals surface area contributed by atoms with Crippen LogP contribution in [-0.2, 0) is 4.74 Å². The van der Waals surface area contributed by atoms with Gasteiger partial charge in [-0.25, -0.2) is 4.79 Å². The number of hydrogen-bond acceptors (Lipinski definition) is 4. The van der Waals surface area contributed by atoms with E-state index in [-0.39, 0.29) is 11.3 Å². The molecule has 0 aromatic carbocycles. The van der Waals surface area contributed by atoms with E-state index in [0.29, 0.717) is 0 Å². The van der Waals surface area contributed by atoms with E-state index in [1.165, 1.54) is 19.5 Å². The molecule has 0 aliphatic rings. The SMILES string of the molecule is COC(=O)Oc1c[nH]cc1C#N. The number of carbonyl (C=O) groups is 1. The number of nitriles is 1. The van der Waals surface area contributed by atoms with E-state index in [1.54, 1.807) is 0 Å². The van der Waals surface area contributed by atoms with Gasteiger partial charge in [-0.15, -0.1) is 0 Å². The van der Waals surface area contributed by atoms with Crippen LogP contribution in [-0.4, -0.2) is 18.2 Å². The Kier molecular flexibility index (Phi) is 2.33. The van der Waals surface area contributed by atoms with Gasteiger partial charge in [-0.2, -0.15) is 5.26 Å². The molecule has 5 heteroatoms. The molecule has 0 atom stereocenters. The van der Waals surface area contributed by atoms with Crippen molar-refractivity contribution < 1.29 is 14.3 Å². The van der Waals surface area contributed by atoms with Crippen LogP contribution in [0.3, 0.4) is 0 Å². The second-order valence-electron chi connectivity index (χ2n) is 1.90. The van der Waals surface area contributed by atoms with Crippen molar-refractivity contribution in [2.45, 2.75) is 0 Å². The largest absolute Gasteiger partial charge is 0.513 e. The number of methoxy groups -OCH3 is 1. The molecular formula is C7H6N2O3. The van der Waals surface area contributed by atoms with Gasteiger partial charge in [-0.05, 0) is 0 Å². The van der Waals surface area contributed by atoms with Gasteiger partial charge < -0.3 is 14.5 Å². The van der Waals surface area contributed by atoms with Crippen LogP contribution in [0.4, 0.5) is 4.79 Å². The van der Waals surface area contributed by atoms with E-state index in [1.807, 2.05) is 6.07 Å². The lowest BCUT2D eigenvalue weighted by Gasteiger charge is -1.98. The van der Waals surface area contributed by atoms with Crippen molar-refractivity contribution in [2.24, 2.45) is 0 Å². The lowest BCUT2D eigenvalue weighted by Crippen LogP contribution is -2.07. The molecule has 5 nitrogen and oxygen atoms in total. The molecule has 0 aliphatic carbocycles. The van der Waals surface area contributed by atoms with Crippen molar-refractivity contribution >= 4 is 6.16 Å². The minimum absolute atomic E-state index is 0.171. The van der Waals surface area contributed by atoms with Gasteiger partial charge in [0.25, 0.3) is 0 Å². The second kappa shape index (κ2) is 3.44. The third-order valence-electron chi connectivity index (χ3n) is 1.19. The zero-order chi connectivity index (χ0) is 8.97. The van der Waals surface area contributed by atoms with Crippen molar-refractivity contribution in [1.82, 2.24) is 4.98 Å². The highest BCUT2D eigenvalue weighted by atomic mass is 16.7.